The summed E-state index contributed by atoms with van der Waals surface area (Å²) in [6.07, 6.45) is -2.90. The highest BCUT2D eigenvalue weighted by molar-refractivity contribution is 7.89. The quantitative estimate of drug-likeness (QED) is 0.572. The van der Waals surface area contributed by atoms with Gasteiger partial charge in [0.05, 0.1) is 29.7 Å². The Kier molecular flexibility index (Phi) is 7.11. The molecule has 1 unspecified atom stereocenters. The summed E-state index contributed by atoms with van der Waals surface area (Å²) in [6, 6.07) is 2.99. The average Bonchev–Trinajstić information content (AvgIpc) is 3.19. The highest BCUT2D eigenvalue weighted by Crippen LogP contribution is 2.36. The number of piperidine rings is 1. The molecule has 166 valence electrons. The predicted molar refractivity (Wildman–Crippen MR) is 97.8 cm³/mol. The molecule has 0 bridgehead atoms. The molecule has 0 amide bonds. The van der Waals surface area contributed by atoms with E-state index in [1.165, 1.54) is 7.11 Å². The highest BCUT2D eigenvalue weighted by Gasteiger charge is 2.38. The van der Waals surface area contributed by atoms with E-state index in [0.717, 1.165) is 28.9 Å². The van der Waals surface area contributed by atoms with E-state index in [-0.39, 0.29) is 24.9 Å². The van der Waals surface area contributed by atoms with Crippen LogP contribution in [-0.4, -0.2) is 49.7 Å². The van der Waals surface area contributed by atoms with Gasteiger partial charge in [-0.2, -0.15) is 22.5 Å². The Morgan fingerprint density at radius 3 is 2.80 bits per heavy atom. The molecule has 1 aromatic carbocycles. The van der Waals surface area contributed by atoms with Gasteiger partial charge in [0.2, 0.25) is 10.0 Å². The molecule has 0 N–H and O–H groups in total. The van der Waals surface area contributed by atoms with Crippen LogP contribution in [0.5, 0.6) is 0 Å². The second-order valence-corrected chi connectivity index (χ2v) is 8.64. The molecular formula is C18H22F3N3O5S. The molecule has 0 spiro atoms. The molecule has 1 aromatic heterocycles. The van der Waals surface area contributed by atoms with Crippen LogP contribution in [-0.2, 0) is 32.3 Å². The van der Waals surface area contributed by atoms with Crippen LogP contribution in [0.4, 0.5) is 13.2 Å². The van der Waals surface area contributed by atoms with Crippen LogP contribution in [0.2, 0.25) is 0 Å². The van der Waals surface area contributed by atoms with Crippen LogP contribution in [0, 0.1) is 0 Å². The lowest BCUT2D eigenvalue weighted by molar-refractivity contribution is -0.137. The molecule has 3 rings (SSSR count). The lowest BCUT2D eigenvalue weighted by Crippen LogP contribution is -2.39. The standard InChI is InChI=1S/C18H22F3N3O5S/c1-27-9-10-28-12-16-22-17(23-29-16)15-7-2-3-8-24(15)30(25,26)14-6-4-5-13(11-14)18(19,20)21/h4-6,11,15H,2-3,7-10,12H2,1H3. The molecule has 1 fully saturated rings. The van der Waals surface area contributed by atoms with Crippen molar-refractivity contribution in [3.8, 4) is 0 Å². The molecule has 8 nitrogen and oxygen atoms in total. The van der Waals surface area contributed by atoms with E-state index in [4.69, 9.17) is 14.0 Å². The van der Waals surface area contributed by atoms with Gasteiger partial charge >= 0.3 is 6.18 Å². The van der Waals surface area contributed by atoms with E-state index in [1.807, 2.05) is 0 Å². The maximum Gasteiger partial charge on any atom is 0.416 e. The topological polar surface area (TPSA) is 94.8 Å². The van der Waals surface area contributed by atoms with Crippen LogP contribution >= 0.6 is 0 Å². The number of hydrogen-bond acceptors (Lipinski definition) is 7. The third-order valence-electron chi connectivity index (χ3n) is 4.66. The summed E-state index contributed by atoms with van der Waals surface area (Å²) in [4.78, 5) is 3.80. The Hall–Kier alpha value is -2.02. The van der Waals surface area contributed by atoms with Crippen molar-refractivity contribution in [2.45, 2.75) is 43.0 Å². The third-order valence-corrected chi connectivity index (χ3v) is 6.56. The molecule has 1 aliphatic rings. The van der Waals surface area contributed by atoms with Gasteiger partial charge in [0.15, 0.2) is 5.82 Å². The second kappa shape index (κ2) is 9.41. The summed E-state index contributed by atoms with van der Waals surface area (Å²) in [7, 11) is -2.65. The first-order valence-corrected chi connectivity index (χ1v) is 10.8. The van der Waals surface area contributed by atoms with Gasteiger partial charge < -0.3 is 14.0 Å². The minimum Gasteiger partial charge on any atom is -0.382 e. The van der Waals surface area contributed by atoms with Gasteiger partial charge in [0, 0.05) is 13.7 Å². The molecule has 1 aliphatic heterocycles. The zero-order valence-electron chi connectivity index (χ0n) is 16.3. The van der Waals surface area contributed by atoms with Crippen molar-refractivity contribution in [2.24, 2.45) is 0 Å². The number of halogens is 3. The molecular weight excluding hydrogens is 427 g/mol. The number of sulfonamides is 1. The lowest BCUT2D eigenvalue weighted by atomic mass is 10.0. The van der Waals surface area contributed by atoms with E-state index >= 15 is 0 Å². The summed E-state index contributed by atoms with van der Waals surface area (Å²) in [5, 5.41) is 3.87. The minimum atomic E-state index is -4.64. The first kappa shape index (κ1) is 22.7. The van der Waals surface area contributed by atoms with Crippen LogP contribution in [0.1, 0.15) is 42.6 Å². The van der Waals surface area contributed by atoms with Crippen molar-refractivity contribution in [1.82, 2.24) is 14.4 Å². The van der Waals surface area contributed by atoms with Gasteiger partial charge in [0.1, 0.15) is 6.61 Å². The number of hydrogen-bond donors (Lipinski definition) is 0. The van der Waals surface area contributed by atoms with Crippen molar-refractivity contribution in [1.29, 1.82) is 0 Å². The zero-order valence-corrected chi connectivity index (χ0v) is 17.1. The van der Waals surface area contributed by atoms with Gasteiger partial charge in [-0.05, 0) is 31.0 Å². The third kappa shape index (κ3) is 5.17. The molecule has 30 heavy (non-hydrogen) atoms. The Labute approximate surface area is 172 Å². The Morgan fingerprint density at radius 2 is 2.07 bits per heavy atom. The van der Waals surface area contributed by atoms with Crippen LogP contribution < -0.4 is 0 Å². The molecule has 12 heteroatoms. The molecule has 0 aliphatic carbocycles. The van der Waals surface area contributed by atoms with Gasteiger partial charge in [-0.25, -0.2) is 8.42 Å². The highest BCUT2D eigenvalue weighted by atomic mass is 32.2. The fraction of sp³-hybridized carbons (Fsp3) is 0.556. The van der Waals surface area contributed by atoms with E-state index in [1.54, 1.807) is 0 Å². The molecule has 2 aromatic rings. The van der Waals surface area contributed by atoms with E-state index in [9.17, 15) is 21.6 Å². The number of nitrogens with zero attached hydrogens (tertiary/aromatic N) is 3. The summed E-state index contributed by atoms with van der Waals surface area (Å²) < 4.78 is 81.8. The SMILES string of the molecule is COCCOCc1nc(C2CCCCN2S(=O)(=O)c2cccc(C(F)(F)F)c2)no1. The number of benzene rings is 1. The second-order valence-electron chi connectivity index (χ2n) is 6.74. The first-order chi connectivity index (χ1) is 14.2. The first-order valence-electron chi connectivity index (χ1n) is 9.32. The largest absolute Gasteiger partial charge is 0.416 e. The van der Waals surface area contributed by atoms with E-state index in [0.29, 0.717) is 32.1 Å². The van der Waals surface area contributed by atoms with Crippen molar-refractivity contribution in [2.75, 3.05) is 26.9 Å². The number of rotatable bonds is 8. The number of alkyl halides is 3. The zero-order chi connectivity index (χ0) is 21.8. The summed E-state index contributed by atoms with van der Waals surface area (Å²) in [6.45, 7) is 0.918. The van der Waals surface area contributed by atoms with Gasteiger partial charge in [-0.1, -0.05) is 17.6 Å². The summed E-state index contributed by atoms with van der Waals surface area (Å²) >= 11 is 0. The molecule has 1 saturated heterocycles. The normalized spacial score (nSPS) is 18.6. The van der Waals surface area contributed by atoms with Gasteiger partial charge in [-0.15, -0.1) is 0 Å². The van der Waals surface area contributed by atoms with Gasteiger partial charge in [-0.3, -0.25) is 0 Å². The molecule has 1 atom stereocenters. The van der Waals surface area contributed by atoms with Crippen molar-refractivity contribution in [3.05, 3.63) is 41.5 Å². The Bertz CT molecular complexity index is 949. The average molecular weight is 449 g/mol. The predicted octanol–water partition coefficient (Wildman–Crippen LogP) is 3.17. The molecule has 2 heterocycles. The lowest BCUT2D eigenvalue weighted by Gasteiger charge is -2.32. The maximum atomic E-state index is 13.1. The maximum absolute atomic E-state index is 13.1. The molecule has 0 radical (unpaired) electrons. The number of methoxy groups -OCH3 is 1. The van der Waals surface area contributed by atoms with Crippen LogP contribution in [0.25, 0.3) is 0 Å². The number of aromatic nitrogens is 2. The number of ether oxygens (including phenoxy) is 2. The minimum absolute atomic E-state index is 0.0451. The van der Waals surface area contributed by atoms with E-state index < -0.39 is 32.7 Å². The van der Waals surface area contributed by atoms with Crippen molar-refractivity contribution in [3.63, 3.8) is 0 Å². The Morgan fingerprint density at radius 1 is 1.27 bits per heavy atom. The monoisotopic (exact) mass is 449 g/mol. The van der Waals surface area contributed by atoms with Crippen LogP contribution in [0.3, 0.4) is 0 Å². The fourth-order valence-corrected chi connectivity index (χ4v) is 4.88. The summed E-state index contributed by atoms with van der Waals surface area (Å²) in [5.74, 6) is 0.346. The van der Waals surface area contributed by atoms with Crippen molar-refractivity contribution < 1.29 is 35.6 Å². The van der Waals surface area contributed by atoms with Crippen LogP contribution in [0.15, 0.2) is 33.7 Å². The summed E-state index contributed by atoms with van der Waals surface area (Å²) in [5.41, 5.74) is -1.02. The van der Waals surface area contributed by atoms with Crippen molar-refractivity contribution >= 4 is 10.0 Å². The smallest absolute Gasteiger partial charge is 0.382 e. The Balaban J connectivity index is 1.83. The van der Waals surface area contributed by atoms with E-state index in [2.05, 4.69) is 10.1 Å². The van der Waals surface area contributed by atoms with Gasteiger partial charge in [0.25, 0.3) is 5.89 Å². The fourth-order valence-electron chi connectivity index (χ4n) is 3.18. The molecule has 0 saturated carbocycles.